The molecule has 4 aromatic rings. The molecule has 1 aromatic heterocycles. The van der Waals surface area contributed by atoms with Gasteiger partial charge < -0.3 is 19.8 Å². The average Bonchev–Trinajstić information content (AvgIpc) is 3.41. The number of sulfonamides is 1. The Balaban J connectivity index is 0.00000294. The van der Waals surface area contributed by atoms with Gasteiger partial charge in [0.2, 0.25) is 16.1 Å². The summed E-state index contributed by atoms with van der Waals surface area (Å²) < 4.78 is 91.0. The van der Waals surface area contributed by atoms with E-state index in [9.17, 15) is 40.4 Å². The van der Waals surface area contributed by atoms with Crippen molar-refractivity contribution in [3.8, 4) is 22.5 Å². The molecule has 0 saturated carbocycles. The maximum absolute atomic E-state index is 13.7. The predicted molar refractivity (Wildman–Crippen MR) is 169 cm³/mol. The maximum Gasteiger partial charge on any atom is 0.419 e. The van der Waals surface area contributed by atoms with Crippen molar-refractivity contribution in [3.05, 3.63) is 77.6 Å². The molecule has 10 nitrogen and oxygen atoms in total. The number of nitrogens with one attached hydrogen (secondary N) is 2. The number of fused-ring (bicyclic) bond motifs is 1. The lowest BCUT2D eigenvalue weighted by atomic mass is 9.97. The molecule has 47 heavy (non-hydrogen) atoms. The third-order valence-electron chi connectivity index (χ3n) is 6.80. The molecule has 0 radical (unpaired) electrons. The highest BCUT2D eigenvalue weighted by molar-refractivity contribution is 7.92. The third-order valence-corrected chi connectivity index (χ3v) is 8.05. The van der Waals surface area contributed by atoms with Crippen molar-refractivity contribution in [2.75, 3.05) is 31.3 Å². The van der Waals surface area contributed by atoms with E-state index >= 15 is 0 Å². The number of furan rings is 1. The molecule has 252 valence electrons. The molecule has 0 aliphatic heterocycles. The van der Waals surface area contributed by atoms with E-state index in [0.717, 1.165) is 17.7 Å². The second-order valence-electron chi connectivity index (χ2n) is 9.74. The molecule has 0 bridgehead atoms. The van der Waals surface area contributed by atoms with Gasteiger partial charge in [-0.1, -0.05) is 26.0 Å². The van der Waals surface area contributed by atoms with E-state index < -0.39 is 45.8 Å². The van der Waals surface area contributed by atoms with Crippen LogP contribution >= 0.6 is 0 Å². The molecule has 3 aromatic carbocycles. The number of ether oxygens (including phenoxy) is 1. The Morgan fingerprint density at radius 1 is 0.979 bits per heavy atom. The highest BCUT2D eigenvalue weighted by atomic mass is 32.2. The number of carbonyl (C=O) groups is 3. The molecule has 0 saturated heterocycles. The number of hydrogen-bond acceptors (Lipinski definition) is 7. The van der Waals surface area contributed by atoms with Crippen molar-refractivity contribution >= 4 is 44.5 Å². The van der Waals surface area contributed by atoms with Crippen LogP contribution in [-0.2, 0) is 19.6 Å². The molecule has 1 atom stereocenters. The van der Waals surface area contributed by atoms with Crippen LogP contribution in [0.1, 0.15) is 41.5 Å². The first-order chi connectivity index (χ1) is 22.1. The second kappa shape index (κ2) is 14.7. The predicted octanol–water partition coefficient (Wildman–Crippen LogP) is 5.91. The number of carbonyl (C=O) groups excluding carboxylic acids is 3. The molecule has 2 N–H and O–H groups in total. The molecule has 1 unspecified atom stereocenters. The summed E-state index contributed by atoms with van der Waals surface area (Å²) in [7, 11) is -1.77. The highest BCUT2D eigenvalue weighted by Gasteiger charge is 2.47. The summed E-state index contributed by atoms with van der Waals surface area (Å²) in [5.74, 6) is -3.99. The van der Waals surface area contributed by atoms with Gasteiger partial charge in [0.25, 0.3) is 11.8 Å². The lowest BCUT2D eigenvalue weighted by molar-refractivity contribution is -0.180. The van der Waals surface area contributed by atoms with Gasteiger partial charge in [-0.3, -0.25) is 13.9 Å². The smallest absolute Gasteiger partial charge is 0.419 e. The molecule has 2 amide bonds. The normalized spacial score (nSPS) is 12.0. The zero-order valence-corrected chi connectivity index (χ0v) is 27.1. The number of amides is 2. The molecule has 4 rings (SSSR count). The maximum atomic E-state index is 13.7. The Morgan fingerprint density at radius 2 is 1.62 bits per heavy atom. The molecular formula is C32H33F4N3O7S. The van der Waals surface area contributed by atoms with Crippen molar-refractivity contribution < 1.29 is 49.5 Å². The summed E-state index contributed by atoms with van der Waals surface area (Å²) in [5.41, 5.74) is 0.675. The van der Waals surface area contributed by atoms with Crippen molar-refractivity contribution in [1.82, 2.24) is 10.6 Å². The zero-order valence-electron chi connectivity index (χ0n) is 26.3. The monoisotopic (exact) mass is 679 g/mol. The molecule has 0 spiro atoms. The Labute approximate surface area is 268 Å². The van der Waals surface area contributed by atoms with Crippen LogP contribution in [0.25, 0.3) is 33.4 Å². The molecule has 0 aliphatic carbocycles. The van der Waals surface area contributed by atoms with Crippen LogP contribution in [0, 0.1) is 5.82 Å². The summed E-state index contributed by atoms with van der Waals surface area (Å²) in [6, 6.07) is 10.3. The fourth-order valence-electron chi connectivity index (χ4n) is 4.74. The van der Waals surface area contributed by atoms with Crippen LogP contribution in [0.5, 0.6) is 0 Å². The molecule has 15 heteroatoms. The Morgan fingerprint density at radius 3 is 2.15 bits per heavy atom. The molecule has 1 heterocycles. The van der Waals surface area contributed by atoms with Crippen LogP contribution in [0.2, 0.25) is 0 Å². The Bertz CT molecular complexity index is 1890. The lowest BCUT2D eigenvalue weighted by Crippen LogP contribution is -2.51. The molecule has 0 aliphatic rings. The van der Waals surface area contributed by atoms with Crippen LogP contribution in [0.3, 0.4) is 0 Å². The first kappa shape index (κ1) is 36.5. The number of halogens is 4. The van der Waals surface area contributed by atoms with E-state index in [2.05, 4.69) is 10.1 Å². The standard InChI is InChI=1S/C30H27F4N3O7S.C2H6/c1-5-37(45(4,41)42)22-15-23-21(24(28(39)35-2)25(44-23)16-9-11-19(31)12-10-16)14-20(22)17-7-6-8-18(13-17)27(38)36-26(29(40)43-3)30(32,33)34;1-2/h6-15,26H,5H2,1-4H3,(H,35,39)(H,36,38);1-2H3. The number of benzene rings is 3. The number of esters is 1. The minimum absolute atomic E-state index is 0.0439. The fraction of sp³-hybridized carbons (Fsp3) is 0.281. The van der Waals surface area contributed by atoms with Gasteiger partial charge in [0.1, 0.15) is 17.2 Å². The molecule has 0 fully saturated rings. The van der Waals surface area contributed by atoms with Crippen LogP contribution < -0.4 is 14.9 Å². The summed E-state index contributed by atoms with van der Waals surface area (Å²) >= 11 is 0. The van der Waals surface area contributed by atoms with Crippen molar-refractivity contribution in [3.63, 3.8) is 0 Å². The van der Waals surface area contributed by atoms with Gasteiger partial charge in [0.05, 0.1) is 24.6 Å². The number of methoxy groups -OCH3 is 1. The number of hydrogen-bond donors (Lipinski definition) is 2. The summed E-state index contributed by atoms with van der Waals surface area (Å²) in [6.45, 7) is 5.53. The van der Waals surface area contributed by atoms with Crippen molar-refractivity contribution in [1.29, 1.82) is 0 Å². The summed E-state index contributed by atoms with van der Waals surface area (Å²) in [4.78, 5) is 37.7. The Hall–Kier alpha value is -4.92. The van der Waals surface area contributed by atoms with E-state index in [-0.39, 0.29) is 51.2 Å². The van der Waals surface area contributed by atoms with Gasteiger partial charge >= 0.3 is 12.1 Å². The van der Waals surface area contributed by atoms with Gasteiger partial charge in [-0.25, -0.2) is 17.6 Å². The van der Waals surface area contributed by atoms with Gasteiger partial charge in [-0.05, 0) is 55.0 Å². The van der Waals surface area contributed by atoms with Gasteiger partial charge in [0.15, 0.2) is 0 Å². The minimum atomic E-state index is -5.14. The number of anilines is 1. The topological polar surface area (TPSA) is 135 Å². The van der Waals surface area contributed by atoms with E-state index in [1.807, 2.05) is 13.8 Å². The quantitative estimate of drug-likeness (QED) is 0.166. The van der Waals surface area contributed by atoms with Gasteiger partial charge in [0, 0.05) is 41.7 Å². The van der Waals surface area contributed by atoms with E-state index in [1.54, 1.807) is 12.2 Å². The van der Waals surface area contributed by atoms with Crippen molar-refractivity contribution in [2.45, 2.75) is 33.0 Å². The first-order valence-electron chi connectivity index (χ1n) is 14.2. The third kappa shape index (κ3) is 7.91. The molecular weight excluding hydrogens is 646 g/mol. The first-order valence-corrected chi connectivity index (χ1v) is 16.1. The summed E-state index contributed by atoms with van der Waals surface area (Å²) in [6.07, 6.45) is -4.17. The lowest BCUT2D eigenvalue weighted by Gasteiger charge is -2.24. The van der Waals surface area contributed by atoms with Crippen molar-refractivity contribution in [2.24, 2.45) is 0 Å². The van der Waals surface area contributed by atoms with Crippen LogP contribution in [0.4, 0.5) is 23.2 Å². The van der Waals surface area contributed by atoms with E-state index in [4.69, 9.17) is 4.42 Å². The highest BCUT2D eigenvalue weighted by Crippen LogP contribution is 2.41. The fourth-order valence-corrected chi connectivity index (χ4v) is 5.72. The van der Waals surface area contributed by atoms with Gasteiger partial charge in [-0.15, -0.1) is 0 Å². The number of alkyl halides is 3. The van der Waals surface area contributed by atoms with Crippen LogP contribution in [0.15, 0.2) is 65.1 Å². The van der Waals surface area contributed by atoms with E-state index in [1.165, 1.54) is 67.7 Å². The SMILES string of the molecule is CC.CCN(c1cc2oc(-c3ccc(F)cc3)c(C(=O)NC)c2cc1-c1cccc(C(=O)NC(C(=O)OC)C(F)(F)F)c1)S(C)(=O)=O. The van der Waals surface area contributed by atoms with Crippen LogP contribution in [-0.4, -0.2) is 65.4 Å². The number of nitrogens with zero attached hydrogens (tertiary/aromatic N) is 1. The van der Waals surface area contributed by atoms with E-state index in [0.29, 0.717) is 5.56 Å². The largest absolute Gasteiger partial charge is 0.467 e. The second-order valence-corrected chi connectivity index (χ2v) is 11.6. The number of rotatable bonds is 9. The summed E-state index contributed by atoms with van der Waals surface area (Å²) in [5, 5.41) is 4.37. The zero-order chi connectivity index (χ0) is 35.3. The Kier molecular flexibility index (Phi) is 11.4. The average molecular weight is 680 g/mol. The van der Waals surface area contributed by atoms with Gasteiger partial charge in [-0.2, -0.15) is 13.2 Å². The minimum Gasteiger partial charge on any atom is -0.467 e.